The first-order chi connectivity index (χ1) is 7.91. The molecule has 96 valence electrons. The van der Waals surface area contributed by atoms with Gasteiger partial charge in [0.25, 0.3) is 0 Å². The van der Waals surface area contributed by atoms with E-state index in [4.69, 9.17) is 0 Å². The number of aliphatic hydroxyl groups excluding tert-OH is 1. The molecular weight excluding hydrogens is 212 g/mol. The first kappa shape index (κ1) is 14.0. The van der Waals surface area contributed by atoms with E-state index >= 15 is 0 Å². The molecule has 0 radical (unpaired) electrons. The molecule has 0 aliphatic carbocycles. The third kappa shape index (κ3) is 4.00. The fraction of sp³-hybridized carbons (Fsp3) is 0.643. The Morgan fingerprint density at radius 3 is 2.29 bits per heavy atom. The molecule has 17 heavy (non-hydrogen) atoms. The lowest BCUT2D eigenvalue weighted by molar-refractivity contribution is 0.199. The summed E-state index contributed by atoms with van der Waals surface area (Å²) in [5, 5.41) is 9.43. The molecule has 0 amide bonds. The molecule has 0 saturated heterocycles. The largest absolute Gasteiger partial charge is 0.389 e. The molecule has 1 unspecified atom stereocenters. The molecule has 0 fully saturated rings. The smallest absolute Gasteiger partial charge is 0.128 e. The van der Waals surface area contributed by atoms with E-state index in [-0.39, 0.29) is 0 Å². The molecule has 0 spiro atoms. The molecule has 3 heteroatoms. The zero-order valence-corrected chi connectivity index (χ0v) is 11.5. The minimum Gasteiger partial charge on any atom is -0.389 e. The Bertz CT molecular complexity index is 333. The van der Waals surface area contributed by atoms with Crippen LogP contribution in [0.5, 0.6) is 0 Å². The van der Waals surface area contributed by atoms with Crippen molar-refractivity contribution >= 4 is 5.82 Å². The van der Waals surface area contributed by atoms with Gasteiger partial charge in [0.05, 0.1) is 6.10 Å². The zero-order valence-electron chi connectivity index (χ0n) is 11.5. The van der Waals surface area contributed by atoms with Gasteiger partial charge < -0.3 is 10.0 Å². The summed E-state index contributed by atoms with van der Waals surface area (Å²) in [5.74, 6) is 1.65. The summed E-state index contributed by atoms with van der Waals surface area (Å²) in [5.41, 5.74) is 0.860. The van der Waals surface area contributed by atoms with Crippen LogP contribution in [-0.4, -0.2) is 23.2 Å². The first-order valence-corrected chi connectivity index (χ1v) is 6.28. The van der Waals surface area contributed by atoms with Gasteiger partial charge in [-0.15, -0.1) is 0 Å². The first-order valence-electron chi connectivity index (χ1n) is 6.28. The van der Waals surface area contributed by atoms with E-state index in [0.717, 1.165) is 17.8 Å². The van der Waals surface area contributed by atoms with Crippen LogP contribution in [0.25, 0.3) is 0 Å². The van der Waals surface area contributed by atoms with Crippen LogP contribution in [0.3, 0.4) is 0 Å². The van der Waals surface area contributed by atoms with Gasteiger partial charge in [0, 0.05) is 19.3 Å². The molecule has 2 atom stereocenters. The van der Waals surface area contributed by atoms with Crippen LogP contribution in [0.4, 0.5) is 5.82 Å². The molecule has 0 aliphatic heterocycles. The van der Waals surface area contributed by atoms with E-state index < -0.39 is 6.10 Å². The zero-order chi connectivity index (χ0) is 13.0. The molecule has 0 aromatic carbocycles. The third-order valence-electron chi connectivity index (χ3n) is 3.09. The monoisotopic (exact) mass is 236 g/mol. The Hall–Kier alpha value is -1.09. The number of rotatable bonds is 5. The number of nitrogens with zero attached hydrogens (tertiary/aromatic N) is 2. The highest BCUT2D eigenvalue weighted by Gasteiger charge is 2.13. The van der Waals surface area contributed by atoms with Gasteiger partial charge in [-0.1, -0.05) is 19.9 Å². The van der Waals surface area contributed by atoms with Crippen molar-refractivity contribution in [1.29, 1.82) is 0 Å². The SMILES string of the molecule is CC(C)CC(C)N(C)c1ccc([C@H](C)O)cn1. The van der Waals surface area contributed by atoms with Crippen LogP contribution in [-0.2, 0) is 0 Å². The van der Waals surface area contributed by atoms with Crippen molar-refractivity contribution in [2.75, 3.05) is 11.9 Å². The average Bonchev–Trinajstić information content (AvgIpc) is 2.27. The minimum absolute atomic E-state index is 0.449. The number of aromatic nitrogens is 1. The molecule has 0 saturated carbocycles. The van der Waals surface area contributed by atoms with Crippen LogP contribution in [0.15, 0.2) is 18.3 Å². The van der Waals surface area contributed by atoms with Gasteiger partial charge in [-0.05, 0) is 37.8 Å². The molecule has 0 bridgehead atoms. The van der Waals surface area contributed by atoms with Crippen molar-refractivity contribution in [3.05, 3.63) is 23.9 Å². The van der Waals surface area contributed by atoms with Crippen molar-refractivity contribution in [2.24, 2.45) is 5.92 Å². The lowest BCUT2D eigenvalue weighted by atomic mass is 10.0. The normalized spacial score (nSPS) is 14.8. The minimum atomic E-state index is -0.449. The maximum absolute atomic E-state index is 9.43. The summed E-state index contributed by atoms with van der Waals surface area (Å²) in [6.45, 7) is 8.43. The Labute approximate surface area is 104 Å². The molecule has 1 aromatic rings. The van der Waals surface area contributed by atoms with Crippen LogP contribution < -0.4 is 4.90 Å². The number of anilines is 1. The second kappa shape index (κ2) is 6.01. The second-order valence-electron chi connectivity index (χ2n) is 5.22. The number of hydrogen-bond donors (Lipinski definition) is 1. The van der Waals surface area contributed by atoms with Crippen LogP contribution in [0.1, 0.15) is 45.8 Å². The number of hydrogen-bond acceptors (Lipinski definition) is 3. The van der Waals surface area contributed by atoms with Gasteiger partial charge in [-0.3, -0.25) is 0 Å². The third-order valence-corrected chi connectivity index (χ3v) is 3.09. The summed E-state index contributed by atoms with van der Waals surface area (Å²) in [6.07, 6.45) is 2.45. The van der Waals surface area contributed by atoms with Crippen LogP contribution >= 0.6 is 0 Å². The molecule has 0 aliphatic rings. The Balaban J connectivity index is 2.72. The lowest BCUT2D eigenvalue weighted by Crippen LogP contribution is -2.30. The van der Waals surface area contributed by atoms with Crippen LogP contribution in [0, 0.1) is 5.92 Å². The van der Waals surface area contributed by atoms with Gasteiger partial charge in [-0.2, -0.15) is 0 Å². The quantitative estimate of drug-likeness (QED) is 0.853. The summed E-state index contributed by atoms with van der Waals surface area (Å²) < 4.78 is 0. The van der Waals surface area contributed by atoms with Crippen LogP contribution in [0.2, 0.25) is 0 Å². The maximum atomic E-state index is 9.43. The maximum Gasteiger partial charge on any atom is 0.128 e. The Kier molecular flexibility index (Phi) is 4.94. The highest BCUT2D eigenvalue weighted by Crippen LogP contribution is 2.19. The van der Waals surface area contributed by atoms with E-state index in [1.54, 1.807) is 13.1 Å². The van der Waals surface area contributed by atoms with Gasteiger partial charge in [0.15, 0.2) is 0 Å². The van der Waals surface area contributed by atoms with Gasteiger partial charge in [0.1, 0.15) is 5.82 Å². The molecule has 3 nitrogen and oxygen atoms in total. The highest BCUT2D eigenvalue weighted by molar-refractivity contribution is 5.39. The predicted molar refractivity (Wildman–Crippen MR) is 72.2 cm³/mol. The summed E-state index contributed by atoms with van der Waals surface area (Å²) >= 11 is 0. The predicted octanol–water partition coefficient (Wildman–Crippen LogP) is 3.01. The van der Waals surface area contributed by atoms with Crippen molar-refractivity contribution in [1.82, 2.24) is 4.98 Å². The topological polar surface area (TPSA) is 36.4 Å². The van der Waals surface area contributed by atoms with E-state index in [9.17, 15) is 5.11 Å². The van der Waals surface area contributed by atoms with E-state index in [1.165, 1.54) is 0 Å². The standard InChI is InChI=1S/C14H24N2O/c1-10(2)8-11(3)16(5)14-7-6-13(9-15-14)12(4)17/h6-7,9-12,17H,8H2,1-5H3/t11?,12-/m0/s1. The van der Waals surface area contributed by atoms with E-state index in [1.807, 2.05) is 12.1 Å². The second-order valence-corrected chi connectivity index (χ2v) is 5.22. The number of aliphatic hydroxyl groups is 1. The van der Waals surface area contributed by atoms with Gasteiger partial charge in [-0.25, -0.2) is 4.98 Å². The highest BCUT2D eigenvalue weighted by atomic mass is 16.3. The van der Waals surface area contributed by atoms with Gasteiger partial charge in [0.2, 0.25) is 0 Å². The molecular formula is C14H24N2O. The van der Waals surface area contributed by atoms with Crippen molar-refractivity contribution in [2.45, 2.75) is 46.3 Å². The van der Waals surface area contributed by atoms with Crippen molar-refractivity contribution in [3.8, 4) is 0 Å². The Morgan fingerprint density at radius 1 is 1.24 bits per heavy atom. The van der Waals surface area contributed by atoms with Crippen molar-refractivity contribution in [3.63, 3.8) is 0 Å². The summed E-state index contributed by atoms with van der Waals surface area (Å²) in [4.78, 5) is 6.58. The lowest BCUT2D eigenvalue weighted by Gasteiger charge is -2.27. The summed E-state index contributed by atoms with van der Waals surface area (Å²) in [6, 6.07) is 4.38. The fourth-order valence-corrected chi connectivity index (χ4v) is 1.92. The fourth-order valence-electron chi connectivity index (χ4n) is 1.92. The van der Waals surface area contributed by atoms with Crippen molar-refractivity contribution < 1.29 is 5.11 Å². The van der Waals surface area contributed by atoms with E-state index in [2.05, 4.69) is 37.7 Å². The van der Waals surface area contributed by atoms with Gasteiger partial charge >= 0.3 is 0 Å². The molecule has 1 N–H and O–H groups in total. The Morgan fingerprint density at radius 2 is 1.88 bits per heavy atom. The summed E-state index contributed by atoms with van der Waals surface area (Å²) in [7, 11) is 2.07. The van der Waals surface area contributed by atoms with E-state index in [0.29, 0.717) is 12.0 Å². The average molecular weight is 236 g/mol. The molecule has 1 heterocycles. The number of pyridine rings is 1. The molecule has 1 rings (SSSR count). The molecule has 1 aromatic heterocycles.